The molecule has 1 aliphatic carbocycles. The highest BCUT2D eigenvalue weighted by molar-refractivity contribution is 5.94. The van der Waals surface area contributed by atoms with Crippen LogP contribution in [0.3, 0.4) is 0 Å². The molecule has 3 aliphatic rings. The quantitative estimate of drug-likeness (QED) is 0.384. The van der Waals surface area contributed by atoms with Gasteiger partial charge in [0.15, 0.2) is 0 Å². The summed E-state index contributed by atoms with van der Waals surface area (Å²) in [6, 6.07) is 12.2. The molecule has 186 valence electrons. The normalized spacial score (nSPS) is 31.9. The molecule has 2 aliphatic heterocycles. The van der Waals surface area contributed by atoms with Gasteiger partial charge in [-0.15, -0.1) is 0 Å². The van der Waals surface area contributed by atoms with E-state index in [-0.39, 0.29) is 11.4 Å². The van der Waals surface area contributed by atoms with Gasteiger partial charge in [0.05, 0.1) is 5.41 Å². The molecule has 1 saturated carbocycles. The maximum Gasteiger partial charge on any atom is 0.356 e. The van der Waals surface area contributed by atoms with E-state index in [9.17, 15) is 9.59 Å². The van der Waals surface area contributed by atoms with Crippen molar-refractivity contribution in [2.24, 2.45) is 10.8 Å². The van der Waals surface area contributed by atoms with Crippen LogP contribution in [0.1, 0.15) is 83.1 Å². The van der Waals surface area contributed by atoms with E-state index < -0.39 is 28.0 Å². The van der Waals surface area contributed by atoms with E-state index in [2.05, 4.69) is 45.9 Å². The van der Waals surface area contributed by atoms with E-state index in [1.165, 1.54) is 5.56 Å². The lowest BCUT2D eigenvalue weighted by Gasteiger charge is -2.45. The number of hydrogen-bond acceptors (Lipinski definition) is 5. The summed E-state index contributed by atoms with van der Waals surface area (Å²) in [5.74, 6) is 0.508. The molecule has 0 aromatic heterocycles. The molecule has 0 amide bonds. The van der Waals surface area contributed by atoms with E-state index in [4.69, 9.17) is 14.2 Å². The first-order valence-corrected chi connectivity index (χ1v) is 12.5. The molecular weight excluding hydrogens is 440 g/mol. The lowest BCUT2D eigenvalue weighted by atomic mass is 9.66. The van der Waals surface area contributed by atoms with Crippen molar-refractivity contribution in [3.05, 3.63) is 58.7 Å². The lowest BCUT2D eigenvalue weighted by Crippen LogP contribution is -2.50. The van der Waals surface area contributed by atoms with Crippen molar-refractivity contribution in [2.45, 2.75) is 91.3 Å². The van der Waals surface area contributed by atoms with Crippen LogP contribution in [0.25, 0.3) is 0 Å². The number of benzene rings is 2. The Kier molecular flexibility index (Phi) is 4.86. The van der Waals surface area contributed by atoms with Crippen LogP contribution < -0.4 is 9.47 Å². The number of fused-ring (bicyclic) bond motifs is 3. The first-order chi connectivity index (χ1) is 16.2. The van der Waals surface area contributed by atoms with Gasteiger partial charge in [0.25, 0.3) is 0 Å². The number of carbonyl (C=O) groups is 2. The lowest BCUT2D eigenvalue weighted by molar-refractivity contribution is -0.176. The monoisotopic (exact) mass is 476 g/mol. The van der Waals surface area contributed by atoms with E-state index in [1.54, 1.807) is 0 Å². The second kappa shape index (κ2) is 7.11. The van der Waals surface area contributed by atoms with E-state index in [1.807, 2.05) is 45.9 Å². The summed E-state index contributed by atoms with van der Waals surface area (Å²) in [7, 11) is 0. The maximum absolute atomic E-state index is 13.8. The molecule has 1 saturated heterocycles. The average molecular weight is 477 g/mol. The van der Waals surface area contributed by atoms with Crippen LogP contribution in [0.4, 0.5) is 0 Å². The van der Waals surface area contributed by atoms with Gasteiger partial charge in [-0.2, -0.15) is 0 Å². The maximum atomic E-state index is 13.8. The van der Waals surface area contributed by atoms with Gasteiger partial charge >= 0.3 is 11.9 Å². The summed E-state index contributed by atoms with van der Waals surface area (Å²) in [5, 5.41) is 0. The number of rotatable bonds is 3. The predicted molar refractivity (Wildman–Crippen MR) is 134 cm³/mol. The van der Waals surface area contributed by atoms with Crippen LogP contribution in [-0.4, -0.2) is 17.5 Å². The Hall–Kier alpha value is -2.82. The fraction of sp³-hybridized carbons (Fsp3) is 0.533. The standard InChI is InChI=1S/C30H36O5/c1-18-10-12-21(29(8)17-26(3,4)20-11-9-19(2)16-23(20)34-29)22(15-18)33-25(32)30-14-13-28(7,24(31)35-30)27(30,5)6/h9-12,15-16H,13-14,17H2,1-8H3/t28-,29-,30+/m0/s1. The summed E-state index contributed by atoms with van der Waals surface area (Å²) in [6.07, 6.45) is 1.79. The number of hydrogen-bond donors (Lipinski definition) is 0. The average Bonchev–Trinajstić information content (AvgIpc) is 3.03. The molecule has 2 bridgehead atoms. The van der Waals surface area contributed by atoms with Gasteiger partial charge in [0, 0.05) is 17.4 Å². The third kappa shape index (κ3) is 3.12. The van der Waals surface area contributed by atoms with E-state index >= 15 is 0 Å². The van der Waals surface area contributed by atoms with Crippen LogP contribution >= 0.6 is 0 Å². The van der Waals surface area contributed by atoms with Gasteiger partial charge in [-0.3, -0.25) is 4.79 Å². The molecule has 35 heavy (non-hydrogen) atoms. The molecule has 2 aromatic rings. The molecule has 0 unspecified atom stereocenters. The first-order valence-electron chi connectivity index (χ1n) is 12.5. The Morgan fingerprint density at radius 3 is 2.09 bits per heavy atom. The summed E-state index contributed by atoms with van der Waals surface area (Å²) in [6.45, 7) is 16.3. The van der Waals surface area contributed by atoms with Crippen LogP contribution in [-0.2, 0) is 25.3 Å². The van der Waals surface area contributed by atoms with Crippen molar-refractivity contribution in [3.63, 3.8) is 0 Å². The minimum absolute atomic E-state index is 0.142. The molecule has 2 heterocycles. The SMILES string of the molecule is Cc1ccc2c(c1)O[C@](C)(c1ccc(C)cc1OC(=O)[C@@]13CC[C@@](C)(C(=O)O1)C3(C)C)CC2(C)C. The summed E-state index contributed by atoms with van der Waals surface area (Å²) in [4.78, 5) is 26.5. The highest BCUT2D eigenvalue weighted by Crippen LogP contribution is 2.66. The highest BCUT2D eigenvalue weighted by Gasteiger charge is 2.76. The molecule has 0 spiro atoms. The molecule has 5 heteroatoms. The smallest absolute Gasteiger partial charge is 0.356 e. The minimum Gasteiger partial charge on any atom is -0.482 e. The van der Waals surface area contributed by atoms with Crippen LogP contribution in [0.2, 0.25) is 0 Å². The Morgan fingerprint density at radius 1 is 0.857 bits per heavy atom. The van der Waals surface area contributed by atoms with Crippen molar-refractivity contribution in [2.75, 3.05) is 0 Å². The zero-order valence-corrected chi connectivity index (χ0v) is 22.1. The van der Waals surface area contributed by atoms with Crippen molar-refractivity contribution in [1.29, 1.82) is 0 Å². The van der Waals surface area contributed by atoms with Gasteiger partial charge in [-0.25, -0.2) is 4.79 Å². The molecule has 0 radical (unpaired) electrons. The largest absolute Gasteiger partial charge is 0.482 e. The fourth-order valence-electron chi connectivity index (χ4n) is 6.68. The van der Waals surface area contributed by atoms with Crippen molar-refractivity contribution in [1.82, 2.24) is 0 Å². The highest BCUT2D eigenvalue weighted by atomic mass is 16.6. The summed E-state index contributed by atoms with van der Waals surface area (Å²) < 4.78 is 18.6. The Bertz CT molecular complexity index is 1260. The molecule has 5 nitrogen and oxygen atoms in total. The molecule has 0 N–H and O–H groups in total. The van der Waals surface area contributed by atoms with Crippen LogP contribution in [0.15, 0.2) is 36.4 Å². The molecule has 5 rings (SSSR count). The topological polar surface area (TPSA) is 61.8 Å². The van der Waals surface area contributed by atoms with E-state index in [0.717, 1.165) is 22.4 Å². The number of esters is 2. The second-order valence-corrected chi connectivity index (χ2v) is 12.5. The Morgan fingerprint density at radius 2 is 1.49 bits per heavy atom. The first kappa shape index (κ1) is 23.9. The number of aryl methyl sites for hydroxylation is 2. The third-order valence-corrected chi connectivity index (χ3v) is 9.30. The predicted octanol–water partition coefficient (Wildman–Crippen LogP) is 6.31. The van der Waals surface area contributed by atoms with Gasteiger partial charge < -0.3 is 14.2 Å². The third-order valence-electron chi connectivity index (χ3n) is 9.30. The Labute approximate surface area is 208 Å². The van der Waals surface area contributed by atoms with Crippen molar-refractivity contribution >= 4 is 11.9 Å². The molecule has 2 fully saturated rings. The number of carbonyl (C=O) groups excluding carboxylic acids is 2. The molecule has 2 aromatic carbocycles. The summed E-state index contributed by atoms with van der Waals surface area (Å²) in [5.41, 5.74) is 0.612. The van der Waals surface area contributed by atoms with Gasteiger partial charge in [0.2, 0.25) is 5.60 Å². The fourth-order valence-corrected chi connectivity index (χ4v) is 6.68. The van der Waals surface area contributed by atoms with Crippen molar-refractivity contribution in [3.8, 4) is 11.5 Å². The van der Waals surface area contributed by atoms with Gasteiger partial charge in [-0.1, -0.05) is 52.0 Å². The van der Waals surface area contributed by atoms with Crippen molar-refractivity contribution < 1.29 is 23.8 Å². The molecular formula is C30H36O5. The van der Waals surface area contributed by atoms with Gasteiger partial charge in [-0.05, 0) is 74.8 Å². The van der Waals surface area contributed by atoms with Gasteiger partial charge in [0.1, 0.15) is 17.1 Å². The van der Waals surface area contributed by atoms with E-state index in [0.29, 0.717) is 25.0 Å². The second-order valence-electron chi connectivity index (χ2n) is 12.5. The molecule has 3 atom stereocenters. The zero-order chi connectivity index (χ0) is 25.6. The Balaban J connectivity index is 1.55. The summed E-state index contributed by atoms with van der Waals surface area (Å²) >= 11 is 0. The number of ether oxygens (including phenoxy) is 3. The zero-order valence-electron chi connectivity index (χ0n) is 22.1. The van der Waals surface area contributed by atoms with Crippen LogP contribution in [0, 0.1) is 24.7 Å². The minimum atomic E-state index is -1.28. The van der Waals surface area contributed by atoms with Crippen LogP contribution in [0.5, 0.6) is 11.5 Å².